The first kappa shape index (κ1) is 23.4. The van der Waals surface area contributed by atoms with Gasteiger partial charge in [0.25, 0.3) is 0 Å². The average Bonchev–Trinajstić information content (AvgIpc) is 2.58. The van der Waals surface area contributed by atoms with Gasteiger partial charge in [-0.05, 0) is 44.4 Å². The van der Waals surface area contributed by atoms with Crippen molar-refractivity contribution in [2.24, 2.45) is 4.99 Å². The van der Waals surface area contributed by atoms with E-state index in [1.165, 1.54) is 6.26 Å². The quantitative estimate of drug-likeness (QED) is 0.294. The summed E-state index contributed by atoms with van der Waals surface area (Å²) in [5, 5.41) is 6.28. The Kier molecular flexibility index (Phi) is 9.20. The molecule has 0 atom stereocenters. The molecule has 0 aliphatic rings. The summed E-state index contributed by atoms with van der Waals surface area (Å²) in [5.74, 6) is 0.697. The predicted octanol–water partition coefficient (Wildman–Crippen LogP) is 0.783. The second-order valence-corrected chi connectivity index (χ2v) is 10.2. The van der Waals surface area contributed by atoms with Crippen molar-refractivity contribution >= 4 is 25.8 Å². The minimum atomic E-state index is -3.23. The van der Waals surface area contributed by atoms with Gasteiger partial charge in [0, 0.05) is 25.9 Å². The average molecular weight is 419 g/mol. The van der Waals surface area contributed by atoms with Crippen molar-refractivity contribution < 1.29 is 16.8 Å². The summed E-state index contributed by atoms with van der Waals surface area (Å²) < 4.78 is 48.6. The molecule has 10 heteroatoms. The molecule has 0 fully saturated rings. The highest BCUT2D eigenvalue weighted by molar-refractivity contribution is 7.90. The number of rotatable bonds is 10. The number of guanidine groups is 1. The Morgan fingerprint density at radius 3 is 2.33 bits per heavy atom. The van der Waals surface area contributed by atoms with Crippen molar-refractivity contribution in [2.75, 3.05) is 31.6 Å². The van der Waals surface area contributed by atoms with Gasteiger partial charge in [-0.2, -0.15) is 0 Å². The lowest BCUT2D eigenvalue weighted by atomic mass is 10.1. The Morgan fingerprint density at radius 2 is 1.78 bits per heavy atom. The molecule has 0 bridgehead atoms. The smallest absolute Gasteiger partial charge is 0.211 e. The number of aliphatic imine (C=N–C) groups is 1. The van der Waals surface area contributed by atoms with Gasteiger partial charge >= 0.3 is 0 Å². The van der Waals surface area contributed by atoms with Gasteiger partial charge in [0.2, 0.25) is 10.0 Å². The normalized spacial score (nSPS) is 12.8. The number of hydrogen-bond donors (Lipinski definition) is 3. The van der Waals surface area contributed by atoms with Crippen molar-refractivity contribution in [3.05, 3.63) is 29.3 Å². The van der Waals surface area contributed by atoms with Crippen LogP contribution in [0.25, 0.3) is 0 Å². The molecule has 1 rings (SSSR count). The fourth-order valence-electron chi connectivity index (χ4n) is 2.36. The zero-order valence-corrected chi connectivity index (χ0v) is 18.0. The maximum Gasteiger partial charge on any atom is 0.211 e. The molecule has 0 aromatic heterocycles. The molecule has 0 saturated heterocycles. The lowest BCUT2D eigenvalue weighted by Crippen LogP contribution is -2.38. The molecule has 0 amide bonds. The second-order valence-electron chi connectivity index (χ2n) is 6.15. The molecule has 0 heterocycles. The fraction of sp³-hybridized carbons (Fsp3) is 0.588. The number of nitrogens with one attached hydrogen (secondary N) is 3. The van der Waals surface area contributed by atoms with E-state index in [1.807, 2.05) is 13.0 Å². The lowest BCUT2D eigenvalue weighted by Gasteiger charge is -2.12. The molecular weight excluding hydrogens is 388 g/mol. The molecule has 0 aliphatic heterocycles. The van der Waals surface area contributed by atoms with E-state index in [-0.39, 0.29) is 5.75 Å². The Bertz CT molecular complexity index is 850. The predicted molar refractivity (Wildman–Crippen MR) is 109 cm³/mol. The monoisotopic (exact) mass is 418 g/mol. The van der Waals surface area contributed by atoms with Crippen LogP contribution in [-0.2, 0) is 26.4 Å². The van der Waals surface area contributed by atoms with Crippen LogP contribution in [0.15, 0.2) is 28.1 Å². The van der Waals surface area contributed by atoms with Crippen molar-refractivity contribution in [3.8, 4) is 0 Å². The summed E-state index contributed by atoms with van der Waals surface area (Å²) >= 11 is 0. The number of aryl methyl sites for hydroxylation is 1. The number of nitrogens with zero attached hydrogens (tertiary/aromatic N) is 1. The molecule has 27 heavy (non-hydrogen) atoms. The summed E-state index contributed by atoms with van der Waals surface area (Å²) in [7, 11) is -6.39. The van der Waals surface area contributed by atoms with Gasteiger partial charge in [-0.3, -0.25) is 0 Å². The van der Waals surface area contributed by atoms with E-state index < -0.39 is 19.9 Å². The molecule has 3 N–H and O–H groups in total. The van der Waals surface area contributed by atoms with E-state index in [0.29, 0.717) is 49.0 Å². The fourth-order valence-corrected chi connectivity index (χ4v) is 3.98. The SMILES string of the molecule is CCNC(=NCc1ccc(S(C)(=O)=O)c(C)c1)NCCCNS(=O)(=O)CC. The summed E-state index contributed by atoms with van der Waals surface area (Å²) in [6, 6.07) is 5.19. The van der Waals surface area contributed by atoms with Gasteiger partial charge in [-0.1, -0.05) is 12.1 Å². The number of sulfonamides is 1. The van der Waals surface area contributed by atoms with E-state index in [4.69, 9.17) is 0 Å². The van der Waals surface area contributed by atoms with Crippen molar-refractivity contribution in [2.45, 2.75) is 38.6 Å². The third-order valence-electron chi connectivity index (χ3n) is 3.75. The molecule has 154 valence electrons. The Balaban J connectivity index is 2.62. The minimum absolute atomic E-state index is 0.0715. The van der Waals surface area contributed by atoms with E-state index in [9.17, 15) is 16.8 Å². The van der Waals surface area contributed by atoms with Crippen LogP contribution in [0.5, 0.6) is 0 Å². The molecule has 0 saturated carbocycles. The van der Waals surface area contributed by atoms with Crippen LogP contribution in [0.4, 0.5) is 0 Å². The second kappa shape index (κ2) is 10.6. The molecular formula is C17H30N4O4S2. The van der Waals surface area contributed by atoms with Crippen LogP contribution in [-0.4, -0.2) is 54.4 Å². The van der Waals surface area contributed by atoms with E-state index in [1.54, 1.807) is 26.0 Å². The van der Waals surface area contributed by atoms with Crippen LogP contribution in [0.1, 0.15) is 31.4 Å². The molecule has 0 aliphatic carbocycles. The molecule has 1 aromatic carbocycles. The van der Waals surface area contributed by atoms with Gasteiger partial charge in [-0.25, -0.2) is 26.6 Å². The molecule has 0 radical (unpaired) electrons. The highest BCUT2D eigenvalue weighted by Gasteiger charge is 2.10. The van der Waals surface area contributed by atoms with E-state index >= 15 is 0 Å². The summed E-state index contributed by atoms with van der Waals surface area (Å²) in [5.41, 5.74) is 1.61. The third kappa shape index (κ3) is 8.72. The minimum Gasteiger partial charge on any atom is -0.357 e. The van der Waals surface area contributed by atoms with Crippen molar-refractivity contribution in [1.82, 2.24) is 15.4 Å². The van der Waals surface area contributed by atoms with Gasteiger partial charge < -0.3 is 10.6 Å². The lowest BCUT2D eigenvalue weighted by molar-refractivity contribution is 0.579. The van der Waals surface area contributed by atoms with Gasteiger partial charge in [0.05, 0.1) is 17.2 Å². The Labute approximate surface area is 162 Å². The van der Waals surface area contributed by atoms with Crippen LogP contribution in [0, 0.1) is 6.92 Å². The number of sulfone groups is 1. The molecule has 0 unspecified atom stereocenters. The first-order valence-electron chi connectivity index (χ1n) is 8.88. The number of benzene rings is 1. The third-order valence-corrected chi connectivity index (χ3v) is 6.41. The number of hydrogen-bond acceptors (Lipinski definition) is 5. The summed E-state index contributed by atoms with van der Waals surface area (Å²) in [6.07, 6.45) is 1.83. The Morgan fingerprint density at radius 1 is 1.07 bits per heavy atom. The van der Waals surface area contributed by atoms with Crippen molar-refractivity contribution in [3.63, 3.8) is 0 Å². The zero-order chi connectivity index (χ0) is 20.5. The van der Waals surface area contributed by atoms with Crippen LogP contribution >= 0.6 is 0 Å². The molecule has 1 aromatic rings. The van der Waals surface area contributed by atoms with Crippen molar-refractivity contribution in [1.29, 1.82) is 0 Å². The largest absolute Gasteiger partial charge is 0.357 e. The summed E-state index contributed by atoms with van der Waals surface area (Å²) in [6.45, 7) is 7.37. The summed E-state index contributed by atoms with van der Waals surface area (Å²) in [4.78, 5) is 4.81. The van der Waals surface area contributed by atoms with E-state index in [0.717, 1.165) is 5.56 Å². The van der Waals surface area contributed by atoms with E-state index in [2.05, 4.69) is 20.3 Å². The van der Waals surface area contributed by atoms with Crippen LogP contribution in [0.2, 0.25) is 0 Å². The highest BCUT2D eigenvalue weighted by atomic mass is 32.2. The van der Waals surface area contributed by atoms with Gasteiger partial charge in [-0.15, -0.1) is 0 Å². The topological polar surface area (TPSA) is 117 Å². The van der Waals surface area contributed by atoms with Gasteiger partial charge in [0.1, 0.15) is 0 Å². The molecule has 8 nitrogen and oxygen atoms in total. The maximum atomic E-state index is 11.7. The zero-order valence-electron chi connectivity index (χ0n) is 16.4. The first-order valence-corrected chi connectivity index (χ1v) is 12.4. The van der Waals surface area contributed by atoms with Crippen LogP contribution < -0.4 is 15.4 Å². The molecule has 0 spiro atoms. The van der Waals surface area contributed by atoms with Crippen LogP contribution in [0.3, 0.4) is 0 Å². The highest BCUT2D eigenvalue weighted by Crippen LogP contribution is 2.17. The standard InChI is InChI=1S/C17H30N4O4S2/c1-5-18-17(19-10-7-11-21-27(24,25)6-2)20-13-15-8-9-16(14(3)12-15)26(4,22)23/h8-9,12,21H,5-7,10-11,13H2,1-4H3,(H2,18,19,20). The Hall–Kier alpha value is -1.65. The first-order chi connectivity index (χ1) is 12.6. The van der Waals surface area contributed by atoms with Gasteiger partial charge in [0.15, 0.2) is 15.8 Å². The maximum absolute atomic E-state index is 11.7.